The van der Waals surface area contributed by atoms with Crippen molar-refractivity contribution in [2.24, 2.45) is 0 Å². The first-order chi connectivity index (χ1) is 4.75. The minimum atomic E-state index is 0.0185. The second kappa shape index (κ2) is 3.01. The number of nitrogens with one attached hydrogen (secondary N) is 1. The molecule has 10 heavy (non-hydrogen) atoms. The Bertz CT molecular complexity index is 136. The molecular weight excluding hydrogens is 128 g/mol. The summed E-state index contributed by atoms with van der Waals surface area (Å²) >= 11 is 0. The molecule has 1 amide bonds. The van der Waals surface area contributed by atoms with E-state index >= 15 is 0 Å². The minimum absolute atomic E-state index is 0.0185. The topological polar surface area (TPSA) is 32.3 Å². The maximum Gasteiger partial charge on any atom is 0.234 e. The molecule has 0 aliphatic carbocycles. The van der Waals surface area contributed by atoms with Gasteiger partial charge >= 0.3 is 0 Å². The van der Waals surface area contributed by atoms with E-state index in [4.69, 9.17) is 0 Å². The van der Waals surface area contributed by atoms with Crippen LogP contribution in [0.5, 0.6) is 0 Å². The lowest BCUT2D eigenvalue weighted by molar-refractivity contribution is -0.124. The molecule has 1 rings (SSSR count). The molecule has 1 fully saturated rings. The Balaban J connectivity index is 2.46. The standard InChI is InChI=1S/C7H13N2O/c1-8-7(10)6-4-3-5-9(6)2/h6H,2-5H2,1H3,(H,8,10)/q-1/t6-/m0/s1. The van der Waals surface area contributed by atoms with Crippen LogP contribution in [0.15, 0.2) is 0 Å². The van der Waals surface area contributed by atoms with Crippen LogP contribution in [0.4, 0.5) is 0 Å². The number of amides is 1. The van der Waals surface area contributed by atoms with E-state index in [0.717, 1.165) is 19.4 Å². The normalized spacial score (nSPS) is 26.8. The summed E-state index contributed by atoms with van der Waals surface area (Å²) in [5.74, 6) is 0.0903. The number of hydrogen-bond donors (Lipinski definition) is 1. The Kier molecular flexibility index (Phi) is 2.27. The molecule has 0 unspecified atom stereocenters. The first kappa shape index (κ1) is 7.54. The van der Waals surface area contributed by atoms with Crippen molar-refractivity contribution < 1.29 is 4.79 Å². The zero-order valence-electron chi connectivity index (χ0n) is 6.26. The number of likely N-dealkylation sites (N-methyl/N-ethyl adjacent to an activating group) is 1. The van der Waals surface area contributed by atoms with Crippen LogP contribution >= 0.6 is 0 Å². The molecule has 1 saturated heterocycles. The number of rotatable bonds is 1. The molecule has 0 bridgehead atoms. The molecule has 0 aromatic rings. The number of hydrogen-bond acceptors (Lipinski definition) is 2. The van der Waals surface area contributed by atoms with Crippen LogP contribution in [0.2, 0.25) is 0 Å². The van der Waals surface area contributed by atoms with Crippen LogP contribution in [0.25, 0.3) is 0 Å². The van der Waals surface area contributed by atoms with E-state index in [0.29, 0.717) is 0 Å². The van der Waals surface area contributed by atoms with Gasteiger partial charge in [0.15, 0.2) is 0 Å². The summed E-state index contributed by atoms with van der Waals surface area (Å²) in [6.07, 6.45) is 2.03. The zero-order chi connectivity index (χ0) is 7.56. The molecule has 3 nitrogen and oxygen atoms in total. The van der Waals surface area contributed by atoms with Gasteiger partial charge in [-0.3, -0.25) is 11.8 Å². The van der Waals surface area contributed by atoms with Crippen LogP contribution in [-0.4, -0.2) is 30.4 Å². The first-order valence-electron chi connectivity index (χ1n) is 3.54. The molecule has 1 aliphatic heterocycles. The maximum atomic E-state index is 11.0. The Labute approximate surface area is 61.4 Å². The van der Waals surface area contributed by atoms with Gasteiger partial charge < -0.3 is 10.2 Å². The summed E-state index contributed by atoms with van der Waals surface area (Å²) in [6, 6.07) is 0.0185. The SMILES string of the molecule is [CH2-]N1CCC[C@H]1C(=O)NC. The van der Waals surface area contributed by atoms with E-state index in [2.05, 4.69) is 12.4 Å². The van der Waals surface area contributed by atoms with E-state index in [1.807, 2.05) is 4.90 Å². The van der Waals surface area contributed by atoms with E-state index in [1.54, 1.807) is 7.05 Å². The van der Waals surface area contributed by atoms with Crippen LogP contribution < -0.4 is 5.32 Å². The highest BCUT2D eigenvalue weighted by atomic mass is 16.2. The summed E-state index contributed by atoms with van der Waals surface area (Å²) < 4.78 is 0. The minimum Gasteiger partial charge on any atom is -0.449 e. The van der Waals surface area contributed by atoms with Gasteiger partial charge in [0, 0.05) is 7.05 Å². The van der Waals surface area contributed by atoms with Gasteiger partial charge in [0.25, 0.3) is 0 Å². The lowest BCUT2D eigenvalue weighted by atomic mass is 10.2. The molecule has 0 spiro atoms. The van der Waals surface area contributed by atoms with Gasteiger partial charge in [0.2, 0.25) is 5.91 Å². The molecule has 1 aliphatic rings. The lowest BCUT2D eigenvalue weighted by Gasteiger charge is -2.24. The fourth-order valence-corrected chi connectivity index (χ4v) is 1.29. The van der Waals surface area contributed by atoms with Crippen molar-refractivity contribution >= 4 is 5.91 Å². The Morgan fingerprint density at radius 3 is 2.90 bits per heavy atom. The predicted octanol–water partition coefficient (Wildman–Crippen LogP) is -0.0116. The average molecular weight is 141 g/mol. The highest BCUT2D eigenvalue weighted by Crippen LogP contribution is 2.14. The van der Waals surface area contributed by atoms with Gasteiger partial charge in [-0.15, -0.1) is 0 Å². The summed E-state index contributed by atoms with van der Waals surface area (Å²) in [5, 5.41) is 2.62. The smallest absolute Gasteiger partial charge is 0.234 e. The molecular formula is C7H13N2O-. The van der Waals surface area contributed by atoms with Crippen molar-refractivity contribution in [2.75, 3.05) is 13.6 Å². The van der Waals surface area contributed by atoms with Crippen LogP contribution in [0, 0.1) is 7.05 Å². The second-order valence-electron chi connectivity index (χ2n) is 2.58. The van der Waals surface area contributed by atoms with E-state index in [9.17, 15) is 4.79 Å². The summed E-state index contributed by atoms with van der Waals surface area (Å²) in [6.45, 7) is 0.943. The summed E-state index contributed by atoms with van der Waals surface area (Å²) in [4.78, 5) is 12.9. The van der Waals surface area contributed by atoms with Gasteiger partial charge in [0.05, 0.1) is 6.04 Å². The van der Waals surface area contributed by atoms with E-state index in [1.165, 1.54) is 0 Å². The third kappa shape index (κ3) is 1.29. The monoisotopic (exact) mass is 141 g/mol. The van der Waals surface area contributed by atoms with Crippen LogP contribution in [0.3, 0.4) is 0 Å². The Hall–Kier alpha value is -0.570. The van der Waals surface area contributed by atoms with Crippen LogP contribution in [-0.2, 0) is 4.79 Å². The highest BCUT2D eigenvalue weighted by Gasteiger charge is 2.22. The number of likely N-dealkylation sites (tertiary alicyclic amines) is 1. The average Bonchev–Trinajstić information content (AvgIpc) is 2.34. The molecule has 1 N–H and O–H groups in total. The highest BCUT2D eigenvalue weighted by molar-refractivity contribution is 5.81. The first-order valence-corrected chi connectivity index (χ1v) is 3.54. The van der Waals surface area contributed by atoms with E-state index in [-0.39, 0.29) is 11.9 Å². The molecule has 58 valence electrons. The van der Waals surface area contributed by atoms with E-state index < -0.39 is 0 Å². The van der Waals surface area contributed by atoms with Crippen molar-refractivity contribution in [3.8, 4) is 0 Å². The number of carbonyl (C=O) groups is 1. The Morgan fingerprint density at radius 1 is 1.80 bits per heavy atom. The largest absolute Gasteiger partial charge is 0.449 e. The molecule has 0 aromatic carbocycles. The van der Waals surface area contributed by atoms with Gasteiger partial charge in [-0.25, -0.2) is 0 Å². The Morgan fingerprint density at radius 2 is 2.50 bits per heavy atom. The maximum absolute atomic E-state index is 11.0. The van der Waals surface area contributed by atoms with Crippen LogP contribution in [0.1, 0.15) is 12.8 Å². The molecule has 0 saturated carbocycles. The number of carbonyl (C=O) groups excluding carboxylic acids is 1. The van der Waals surface area contributed by atoms with Crippen molar-refractivity contribution in [1.29, 1.82) is 0 Å². The fourth-order valence-electron chi connectivity index (χ4n) is 1.29. The quantitative estimate of drug-likeness (QED) is 0.521. The molecule has 1 atom stereocenters. The van der Waals surface area contributed by atoms with Crippen molar-refractivity contribution in [1.82, 2.24) is 10.2 Å². The number of nitrogens with zero attached hydrogens (tertiary/aromatic N) is 1. The molecule has 3 heteroatoms. The predicted molar refractivity (Wildman–Crippen MR) is 39.2 cm³/mol. The third-order valence-corrected chi connectivity index (χ3v) is 1.91. The summed E-state index contributed by atoms with van der Waals surface area (Å²) in [7, 11) is 5.42. The fraction of sp³-hybridized carbons (Fsp3) is 0.714. The van der Waals surface area contributed by atoms with Gasteiger partial charge in [-0.1, -0.05) is 0 Å². The second-order valence-corrected chi connectivity index (χ2v) is 2.58. The molecule has 0 radical (unpaired) electrons. The van der Waals surface area contributed by atoms with Crippen molar-refractivity contribution in [3.05, 3.63) is 7.05 Å². The van der Waals surface area contributed by atoms with Gasteiger partial charge in [-0.2, -0.15) is 0 Å². The molecule has 0 aromatic heterocycles. The molecule has 1 heterocycles. The van der Waals surface area contributed by atoms with Crippen molar-refractivity contribution in [2.45, 2.75) is 18.9 Å². The zero-order valence-corrected chi connectivity index (χ0v) is 6.26. The lowest BCUT2D eigenvalue weighted by Crippen LogP contribution is -2.38. The van der Waals surface area contributed by atoms with Gasteiger partial charge in [-0.05, 0) is 19.4 Å². The third-order valence-electron chi connectivity index (χ3n) is 1.91. The van der Waals surface area contributed by atoms with Crippen molar-refractivity contribution in [3.63, 3.8) is 0 Å². The summed E-state index contributed by atoms with van der Waals surface area (Å²) in [5.41, 5.74) is 0. The van der Waals surface area contributed by atoms with Gasteiger partial charge in [0.1, 0.15) is 0 Å².